The van der Waals surface area contributed by atoms with Gasteiger partial charge in [-0.15, -0.1) is 11.3 Å². The van der Waals surface area contributed by atoms with Gasteiger partial charge in [0, 0.05) is 22.7 Å². The number of amides is 2. The van der Waals surface area contributed by atoms with Crippen LogP contribution >= 0.6 is 11.3 Å². The number of primary amides is 1. The summed E-state index contributed by atoms with van der Waals surface area (Å²) in [6.45, 7) is 2.14. The molecule has 0 aliphatic heterocycles. The number of halogens is 3. The van der Waals surface area contributed by atoms with Gasteiger partial charge in [0.25, 0.3) is 11.8 Å². The lowest BCUT2D eigenvalue weighted by Gasteiger charge is -2.21. The number of alkyl halides is 3. The van der Waals surface area contributed by atoms with Crippen molar-refractivity contribution >= 4 is 40.8 Å². The second kappa shape index (κ2) is 14.9. The molecule has 4 rings (SSSR count). The summed E-state index contributed by atoms with van der Waals surface area (Å²) in [4.78, 5) is 50.1. The van der Waals surface area contributed by atoms with Crippen LogP contribution in [0.25, 0.3) is 0 Å². The number of nitrogens with zero attached hydrogens (tertiary/aromatic N) is 2. The topological polar surface area (TPSA) is 177 Å². The van der Waals surface area contributed by atoms with E-state index in [2.05, 4.69) is 11.9 Å². The van der Waals surface area contributed by atoms with Crippen molar-refractivity contribution in [1.29, 1.82) is 0 Å². The Kier molecular flexibility index (Phi) is 12.0. The van der Waals surface area contributed by atoms with Crippen molar-refractivity contribution in [3.05, 3.63) is 81.3 Å². The lowest BCUT2D eigenvalue weighted by Crippen LogP contribution is -2.35. The Morgan fingerprint density at radius 2 is 1.71 bits per heavy atom. The third-order valence-corrected chi connectivity index (χ3v) is 6.83. The molecule has 2 aromatic carbocycles. The number of aromatic nitrogens is 1. The number of thiazole rings is 1. The van der Waals surface area contributed by atoms with E-state index in [9.17, 15) is 27.6 Å². The molecule has 220 valence electrons. The molecule has 1 aromatic heterocycles. The number of carboxylic acids is 2. The number of hydrogen-bond donors (Lipinski definition) is 4. The van der Waals surface area contributed by atoms with Gasteiger partial charge in [0.1, 0.15) is 6.54 Å². The minimum atomic E-state index is -5.08. The number of aliphatic carboxylic acids is 2. The van der Waals surface area contributed by atoms with Crippen molar-refractivity contribution in [1.82, 2.24) is 4.98 Å². The van der Waals surface area contributed by atoms with Crippen LogP contribution in [-0.4, -0.2) is 51.7 Å². The fraction of sp³-hybridized carbons (Fsp3) is 0.296. The number of hydrogen-bond acceptors (Lipinski definition) is 7. The average molecular weight is 595 g/mol. The van der Waals surface area contributed by atoms with Crippen molar-refractivity contribution in [2.75, 3.05) is 11.4 Å². The van der Waals surface area contributed by atoms with E-state index in [1.54, 1.807) is 48.5 Å². The first kappa shape index (κ1) is 32.9. The van der Waals surface area contributed by atoms with Gasteiger partial charge in [-0.05, 0) is 55.0 Å². The lowest BCUT2D eigenvalue weighted by molar-refractivity contribution is -0.192. The molecule has 6 N–H and O–H groups in total. The summed E-state index contributed by atoms with van der Waals surface area (Å²) < 4.78 is 31.7. The van der Waals surface area contributed by atoms with E-state index >= 15 is 0 Å². The zero-order valence-electron chi connectivity index (χ0n) is 21.9. The van der Waals surface area contributed by atoms with Gasteiger partial charge >= 0.3 is 18.1 Å². The molecule has 2 amide bonds. The van der Waals surface area contributed by atoms with E-state index in [4.69, 9.17) is 26.5 Å². The summed E-state index contributed by atoms with van der Waals surface area (Å²) in [6, 6.07) is 15.6. The van der Waals surface area contributed by atoms with Gasteiger partial charge in [-0.2, -0.15) is 13.2 Å². The number of carbonyl (C=O) groups is 4. The number of fused-ring (bicyclic) bond motifs is 1. The normalized spacial score (nSPS) is 13.8. The third-order valence-electron chi connectivity index (χ3n) is 5.65. The highest BCUT2D eigenvalue weighted by Gasteiger charge is 2.38. The molecule has 1 atom stereocenters. The Hall–Kier alpha value is -4.30. The lowest BCUT2D eigenvalue weighted by atomic mass is 9.93. The third kappa shape index (κ3) is 10.3. The Bertz CT molecular complexity index is 1360. The highest BCUT2D eigenvalue weighted by molar-refractivity contribution is 7.13. The van der Waals surface area contributed by atoms with Crippen molar-refractivity contribution in [3.8, 4) is 0 Å². The standard InChI is InChI=1S/C16H16N2O3.C9H12N2OS.C2HF3O2/c17-10-12-5-4-8-14(9-12)18(11-15(19)20)16(21)13-6-2-1-3-7-13;1-5-2-3-7-6(4-5)11-9(13-7)8(10)12;3-2(4,5)1(6)7/h1-9H,10-11,17H2,(H,19,20);5H,2-4H2,1H3,(H2,10,12);(H,6,7). The maximum Gasteiger partial charge on any atom is 0.490 e. The Morgan fingerprint density at radius 3 is 2.24 bits per heavy atom. The fourth-order valence-corrected chi connectivity index (χ4v) is 4.61. The highest BCUT2D eigenvalue weighted by atomic mass is 32.1. The SMILES string of the molecule is CC1CCc2sc(C(N)=O)nc2C1.NCc1cccc(N(CC(=O)O)C(=O)c2ccccc2)c1.O=C(O)C(F)(F)F. The highest BCUT2D eigenvalue weighted by Crippen LogP contribution is 2.29. The van der Waals surface area contributed by atoms with E-state index in [0.717, 1.165) is 24.1 Å². The van der Waals surface area contributed by atoms with Gasteiger partial charge in [0.15, 0.2) is 5.01 Å². The molecule has 1 aliphatic carbocycles. The number of rotatable bonds is 6. The molecule has 0 saturated carbocycles. The number of anilines is 1. The molecule has 3 aromatic rings. The van der Waals surface area contributed by atoms with Crippen LogP contribution in [0.4, 0.5) is 18.9 Å². The summed E-state index contributed by atoms with van der Waals surface area (Å²) >= 11 is 1.46. The molecular weight excluding hydrogens is 565 g/mol. The quantitative estimate of drug-likeness (QED) is 0.332. The van der Waals surface area contributed by atoms with E-state index in [1.807, 2.05) is 6.07 Å². The van der Waals surface area contributed by atoms with Crippen LogP contribution in [0.2, 0.25) is 0 Å². The van der Waals surface area contributed by atoms with Gasteiger partial charge in [-0.25, -0.2) is 9.78 Å². The van der Waals surface area contributed by atoms with Gasteiger partial charge in [-0.1, -0.05) is 37.3 Å². The zero-order chi connectivity index (χ0) is 30.7. The van der Waals surface area contributed by atoms with Crippen molar-refractivity contribution in [3.63, 3.8) is 0 Å². The van der Waals surface area contributed by atoms with Crippen molar-refractivity contribution < 1.29 is 42.6 Å². The predicted molar refractivity (Wildman–Crippen MR) is 146 cm³/mol. The fourth-order valence-electron chi connectivity index (χ4n) is 3.66. The van der Waals surface area contributed by atoms with Gasteiger partial charge in [0.2, 0.25) is 0 Å². The zero-order valence-corrected chi connectivity index (χ0v) is 22.7. The minimum absolute atomic E-state index is 0.328. The summed E-state index contributed by atoms with van der Waals surface area (Å²) in [5.41, 5.74) is 13.7. The summed E-state index contributed by atoms with van der Waals surface area (Å²) in [5.74, 6) is -3.89. The summed E-state index contributed by atoms with van der Waals surface area (Å²) in [5, 5.41) is 16.6. The van der Waals surface area contributed by atoms with Crippen LogP contribution in [0.1, 0.15) is 49.6 Å². The average Bonchev–Trinajstić information content (AvgIpc) is 3.36. The second-order valence-electron chi connectivity index (χ2n) is 8.93. The summed E-state index contributed by atoms with van der Waals surface area (Å²) in [6.07, 6.45) is -1.83. The monoisotopic (exact) mass is 594 g/mol. The Balaban J connectivity index is 0.000000249. The Morgan fingerprint density at radius 1 is 1.07 bits per heavy atom. The maximum absolute atomic E-state index is 12.5. The van der Waals surface area contributed by atoms with Crippen LogP contribution in [0.5, 0.6) is 0 Å². The number of aryl methyl sites for hydroxylation is 1. The van der Waals surface area contributed by atoms with Gasteiger partial charge in [-0.3, -0.25) is 19.3 Å². The largest absolute Gasteiger partial charge is 0.490 e. The number of benzene rings is 2. The van der Waals surface area contributed by atoms with Gasteiger partial charge < -0.3 is 21.7 Å². The first-order valence-electron chi connectivity index (χ1n) is 12.2. The first-order valence-corrected chi connectivity index (χ1v) is 13.0. The predicted octanol–water partition coefficient (Wildman–Crippen LogP) is 3.88. The molecule has 1 heterocycles. The second-order valence-corrected chi connectivity index (χ2v) is 10.0. The number of carboxylic acid groups (broad SMARTS) is 2. The molecule has 0 saturated heterocycles. The van der Waals surface area contributed by atoms with E-state index in [-0.39, 0.29) is 5.91 Å². The van der Waals surface area contributed by atoms with Gasteiger partial charge in [0.05, 0.1) is 5.69 Å². The maximum atomic E-state index is 12.5. The first-order chi connectivity index (χ1) is 19.2. The molecule has 41 heavy (non-hydrogen) atoms. The molecule has 0 spiro atoms. The molecule has 0 fully saturated rings. The molecule has 14 heteroatoms. The van der Waals surface area contributed by atoms with E-state index in [1.165, 1.54) is 27.5 Å². The molecule has 1 unspecified atom stereocenters. The number of carbonyl (C=O) groups excluding carboxylic acids is 2. The van der Waals surface area contributed by atoms with E-state index < -0.39 is 30.6 Å². The van der Waals surface area contributed by atoms with Crippen molar-refractivity contribution in [2.45, 2.75) is 38.9 Å². The summed E-state index contributed by atoms with van der Waals surface area (Å²) in [7, 11) is 0. The molecule has 1 aliphatic rings. The molecular formula is C27H29F3N4O6S. The molecule has 0 radical (unpaired) electrons. The number of nitrogens with two attached hydrogens (primary N) is 2. The molecule has 10 nitrogen and oxygen atoms in total. The smallest absolute Gasteiger partial charge is 0.480 e. The minimum Gasteiger partial charge on any atom is -0.480 e. The molecule has 0 bridgehead atoms. The van der Waals surface area contributed by atoms with Crippen LogP contribution in [0.15, 0.2) is 54.6 Å². The van der Waals surface area contributed by atoms with Crippen molar-refractivity contribution in [2.24, 2.45) is 17.4 Å². The van der Waals surface area contributed by atoms with Crippen LogP contribution in [0, 0.1) is 5.92 Å². The van der Waals surface area contributed by atoms with Crippen LogP contribution in [-0.2, 0) is 29.0 Å². The van der Waals surface area contributed by atoms with E-state index in [0.29, 0.717) is 28.7 Å². The van der Waals surface area contributed by atoms with Crippen LogP contribution in [0.3, 0.4) is 0 Å². The van der Waals surface area contributed by atoms with Crippen LogP contribution < -0.4 is 16.4 Å². The Labute approximate surface area is 237 Å².